The minimum atomic E-state index is -1.63. The minimum absolute atomic E-state index is 0.143. The molecular formula is C82H143NO8. The number of carbonyl (C=O) groups excluding carboxylic acids is 3. The highest BCUT2D eigenvalue weighted by atomic mass is 16.7. The molecule has 0 spiro atoms. The lowest BCUT2D eigenvalue weighted by Gasteiger charge is -2.26. The molecule has 2 atom stereocenters. The van der Waals surface area contributed by atoms with Crippen LogP contribution in [0.15, 0.2) is 109 Å². The van der Waals surface area contributed by atoms with Crippen molar-refractivity contribution in [2.45, 2.75) is 347 Å². The summed E-state index contributed by atoms with van der Waals surface area (Å²) in [5.74, 6) is -2.29. The van der Waals surface area contributed by atoms with Gasteiger partial charge in [-0.05, 0) is 103 Å². The fourth-order valence-corrected chi connectivity index (χ4v) is 10.7. The number of allylic oxidation sites excluding steroid dienone is 18. The van der Waals surface area contributed by atoms with E-state index in [0.717, 1.165) is 96.3 Å². The summed E-state index contributed by atoms with van der Waals surface area (Å²) in [7, 11) is 5.93. The predicted octanol–water partition coefficient (Wildman–Crippen LogP) is 22.8. The lowest BCUT2D eigenvalue weighted by atomic mass is 10.0. The van der Waals surface area contributed by atoms with Crippen LogP contribution in [0.5, 0.6) is 0 Å². The molecule has 0 bridgehead atoms. The van der Waals surface area contributed by atoms with Gasteiger partial charge in [0.15, 0.2) is 12.4 Å². The average Bonchev–Trinajstić information content (AvgIpc) is 3.46. The normalized spacial score (nSPS) is 13.3. The molecule has 0 aromatic heterocycles. The van der Waals surface area contributed by atoms with Crippen LogP contribution in [0.1, 0.15) is 335 Å². The fraction of sp³-hybridized carbons (Fsp3) is 0.744. The SMILES string of the molecule is CC/C=C\C/C=C\C/C=C\C/C=C\C/C=C\C/C=C\CCCCCCCCCCC(=O)OC(COC(=O)CCCCCCCCCCCCCCCCCCCCCCCCCC/C=C\C/C=C\C/C=C\CCCCCCC)COC(OCC[N+](C)(C)C)C(=O)[O-]. The number of aliphatic carboxylic acids is 1. The summed E-state index contributed by atoms with van der Waals surface area (Å²) in [5.41, 5.74) is 0. The van der Waals surface area contributed by atoms with Gasteiger partial charge in [-0.25, -0.2) is 0 Å². The van der Waals surface area contributed by atoms with Crippen LogP contribution < -0.4 is 5.11 Å². The first-order valence-electron chi connectivity index (χ1n) is 38.0. The molecule has 0 fully saturated rings. The van der Waals surface area contributed by atoms with Crippen LogP contribution in [0.3, 0.4) is 0 Å². The zero-order valence-electron chi connectivity index (χ0n) is 59.9. The van der Waals surface area contributed by atoms with Gasteiger partial charge in [-0.2, -0.15) is 0 Å². The summed E-state index contributed by atoms with van der Waals surface area (Å²) in [5, 5.41) is 11.8. The number of carboxylic acids is 1. The number of unbranched alkanes of at least 4 members (excludes halogenated alkanes) is 37. The summed E-state index contributed by atoms with van der Waals surface area (Å²) in [6.07, 6.45) is 97.7. The van der Waals surface area contributed by atoms with E-state index in [1.807, 2.05) is 21.1 Å². The zero-order valence-corrected chi connectivity index (χ0v) is 59.9. The van der Waals surface area contributed by atoms with Crippen molar-refractivity contribution in [2.24, 2.45) is 0 Å². The van der Waals surface area contributed by atoms with Crippen LogP contribution in [-0.2, 0) is 33.3 Å². The van der Waals surface area contributed by atoms with Gasteiger partial charge in [0.1, 0.15) is 13.2 Å². The van der Waals surface area contributed by atoms with E-state index >= 15 is 0 Å². The van der Waals surface area contributed by atoms with E-state index < -0.39 is 24.3 Å². The Labute approximate surface area is 562 Å². The van der Waals surface area contributed by atoms with Crippen LogP contribution in [0, 0.1) is 0 Å². The number of esters is 2. The number of rotatable bonds is 70. The molecule has 0 saturated carbocycles. The number of hydrogen-bond donors (Lipinski definition) is 0. The number of quaternary nitrogens is 1. The highest BCUT2D eigenvalue weighted by Gasteiger charge is 2.22. The molecule has 0 amide bonds. The van der Waals surface area contributed by atoms with E-state index in [-0.39, 0.29) is 38.6 Å². The van der Waals surface area contributed by atoms with Gasteiger partial charge in [0.25, 0.3) is 0 Å². The molecule has 0 heterocycles. The summed E-state index contributed by atoms with van der Waals surface area (Å²) < 4.78 is 22.8. The summed E-state index contributed by atoms with van der Waals surface area (Å²) in [4.78, 5) is 37.5. The molecule has 0 aliphatic rings. The van der Waals surface area contributed by atoms with Gasteiger partial charge < -0.3 is 33.3 Å². The Morgan fingerprint density at radius 1 is 0.341 bits per heavy atom. The number of nitrogens with zero attached hydrogens (tertiary/aromatic N) is 1. The number of carboxylic acid groups (broad SMARTS) is 1. The Balaban J connectivity index is 4.03. The van der Waals surface area contributed by atoms with Gasteiger partial charge in [0, 0.05) is 12.8 Å². The van der Waals surface area contributed by atoms with Gasteiger partial charge in [-0.15, -0.1) is 0 Å². The maximum atomic E-state index is 12.9. The standard InChI is InChI=1S/C82H143NO8/c1-6-8-10-12-14-16-18-20-22-24-26-28-30-32-34-35-36-37-38-39-40-41-42-43-44-45-47-48-50-52-54-56-58-60-62-64-66-68-70-72-79(84)89-76-78(77-90-82(81(86)87)88-75-74-83(3,4)5)91-80(85)73-71-69-67-65-63-61-59-57-55-53-51-49-46-33-31-29-27-25-23-21-19-17-15-13-11-9-7-2/h9,11,15,17-18,20-21,23-24,26-27,29-30,32-33,46,51,53,78,82H,6-8,10,12-14,16,19,22,25,28,31,34-45,47-50,52,54-77H2,1-5H3/b11-9-,17-15-,20-18-,23-21-,26-24-,29-27-,32-30-,46-33-,53-51-. The van der Waals surface area contributed by atoms with Gasteiger partial charge in [-0.3, -0.25) is 9.59 Å². The van der Waals surface area contributed by atoms with Crippen molar-refractivity contribution in [1.82, 2.24) is 0 Å². The average molecular weight is 1270 g/mol. The lowest BCUT2D eigenvalue weighted by Crippen LogP contribution is -2.44. The summed E-state index contributed by atoms with van der Waals surface area (Å²) in [6.45, 7) is 4.64. The highest BCUT2D eigenvalue weighted by Crippen LogP contribution is 2.18. The largest absolute Gasteiger partial charge is 0.545 e. The summed E-state index contributed by atoms with van der Waals surface area (Å²) in [6, 6.07) is 0. The second kappa shape index (κ2) is 71.8. The molecule has 524 valence electrons. The van der Waals surface area contributed by atoms with Crippen LogP contribution in [0.2, 0.25) is 0 Å². The monoisotopic (exact) mass is 1270 g/mol. The molecule has 0 aliphatic heterocycles. The first kappa shape index (κ1) is 87.0. The molecular weight excluding hydrogens is 1130 g/mol. The van der Waals surface area contributed by atoms with E-state index in [2.05, 4.69) is 123 Å². The molecule has 0 N–H and O–H groups in total. The molecule has 0 aromatic rings. The highest BCUT2D eigenvalue weighted by molar-refractivity contribution is 5.70. The van der Waals surface area contributed by atoms with Crippen molar-refractivity contribution in [3.8, 4) is 0 Å². The topological polar surface area (TPSA) is 111 Å². The van der Waals surface area contributed by atoms with Crippen molar-refractivity contribution < 1.29 is 42.9 Å². The molecule has 0 saturated heterocycles. The van der Waals surface area contributed by atoms with Gasteiger partial charge >= 0.3 is 11.9 Å². The second-order valence-electron chi connectivity index (χ2n) is 26.6. The minimum Gasteiger partial charge on any atom is -0.545 e. The molecule has 0 rings (SSSR count). The molecule has 9 heteroatoms. The van der Waals surface area contributed by atoms with Crippen molar-refractivity contribution in [3.63, 3.8) is 0 Å². The third-order valence-electron chi connectivity index (χ3n) is 16.5. The smallest absolute Gasteiger partial charge is 0.306 e. The Morgan fingerprint density at radius 3 is 0.934 bits per heavy atom. The number of likely N-dealkylation sites (N-methyl/N-ethyl adjacent to an activating group) is 1. The second-order valence-corrected chi connectivity index (χ2v) is 26.6. The van der Waals surface area contributed by atoms with Crippen LogP contribution in [-0.4, -0.2) is 82.3 Å². The Bertz CT molecular complexity index is 1870. The maximum absolute atomic E-state index is 12.9. The molecule has 0 aliphatic carbocycles. The van der Waals surface area contributed by atoms with Crippen molar-refractivity contribution in [1.29, 1.82) is 0 Å². The van der Waals surface area contributed by atoms with Crippen molar-refractivity contribution >= 4 is 17.9 Å². The third-order valence-corrected chi connectivity index (χ3v) is 16.5. The maximum Gasteiger partial charge on any atom is 0.306 e. The Hall–Kier alpha value is -4.05. The van der Waals surface area contributed by atoms with E-state index in [0.29, 0.717) is 17.4 Å². The van der Waals surface area contributed by atoms with Crippen LogP contribution in [0.4, 0.5) is 0 Å². The molecule has 9 nitrogen and oxygen atoms in total. The molecule has 0 radical (unpaired) electrons. The van der Waals surface area contributed by atoms with Crippen LogP contribution >= 0.6 is 0 Å². The number of carbonyl (C=O) groups is 3. The number of hydrogen-bond acceptors (Lipinski definition) is 8. The molecule has 2 unspecified atom stereocenters. The first-order chi connectivity index (χ1) is 44.6. The molecule has 91 heavy (non-hydrogen) atoms. The predicted molar refractivity (Wildman–Crippen MR) is 389 cm³/mol. The van der Waals surface area contributed by atoms with Crippen molar-refractivity contribution in [2.75, 3.05) is 47.5 Å². The van der Waals surface area contributed by atoms with Gasteiger partial charge in [0.2, 0.25) is 0 Å². The van der Waals surface area contributed by atoms with E-state index in [1.165, 1.54) is 205 Å². The Morgan fingerprint density at radius 2 is 0.626 bits per heavy atom. The number of ether oxygens (including phenoxy) is 4. The van der Waals surface area contributed by atoms with Gasteiger partial charge in [-0.1, -0.05) is 329 Å². The van der Waals surface area contributed by atoms with E-state index in [1.54, 1.807) is 0 Å². The lowest BCUT2D eigenvalue weighted by molar-refractivity contribution is -0.870. The zero-order chi connectivity index (χ0) is 66.1. The van der Waals surface area contributed by atoms with E-state index in [9.17, 15) is 19.5 Å². The van der Waals surface area contributed by atoms with Crippen LogP contribution in [0.25, 0.3) is 0 Å². The fourth-order valence-electron chi connectivity index (χ4n) is 10.7. The van der Waals surface area contributed by atoms with E-state index in [4.69, 9.17) is 18.9 Å². The van der Waals surface area contributed by atoms with Crippen molar-refractivity contribution in [3.05, 3.63) is 109 Å². The first-order valence-corrected chi connectivity index (χ1v) is 38.0. The molecule has 0 aromatic carbocycles. The van der Waals surface area contributed by atoms with Gasteiger partial charge in [0.05, 0.1) is 40.3 Å². The summed E-state index contributed by atoms with van der Waals surface area (Å²) >= 11 is 0. The quantitative estimate of drug-likeness (QED) is 0.0195. The Kier molecular flexibility index (Phi) is 68.6. The third kappa shape index (κ3) is 73.2.